The first-order chi connectivity index (χ1) is 15.3. The number of fused-ring (bicyclic) bond motifs is 4. The summed E-state index contributed by atoms with van der Waals surface area (Å²) in [6.45, 7) is 0.416. The fraction of sp³-hybridized carbons (Fsp3) is 0.0417. The van der Waals surface area contributed by atoms with Crippen molar-refractivity contribution in [1.82, 2.24) is 14.9 Å². The molecule has 0 atom stereocenters. The molecule has 0 aliphatic carbocycles. The van der Waals surface area contributed by atoms with Gasteiger partial charge in [0.1, 0.15) is 12.1 Å². The highest BCUT2D eigenvalue weighted by Gasteiger charge is 2.12. The maximum absolute atomic E-state index is 12.4. The van der Waals surface area contributed by atoms with Gasteiger partial charge in [-0.25, -0.2) is 20.0 Å². The first-order valence-corrected chi connectivity index (χ1v) is 9.70. The van der Waals surface area contributed by atoms with Crippen LogP contribution in [0, 0.1) is 0 Å². The van der Waals surface area contributed by atoms with E-state index >= 15 is 0 Å². The highest BCUT2D eigenvalue weighted by Crippen LogP contribution is 2.26. The van der Waals surface area contributed by atoms with Crippen molar-refractivity contribution in [2.45, 2.75) is 0 Å². The summed E-state index contributed by atoms with van der Waals surface area (Å²) in [5.74, 6) is 0.864. The Bertz CT molecular complexity index is 1420. The number of aliphatic imine (C=N–C) groups is 1. The Morgan fingerprint density at radius 3 is 2.94 bits per heavy atom. The SMILES string of the molecule is O=C1N=CC=COc2ccc3ncnc(c3c2)N=c2ccccc2=CN2C=CC=C1C2. The topological polar surface area (TPSA) is 80.0 Å². The van der Waals surface area contributed by atoms with E-state index in [1.165, 1.54) is 18.8 Å². The second kappa shape index (κ2) is 8.16. The number of rotatable bonds is 0. The zero-order valence-corrected chi connectivity index (χ0v) is 16.4. The number of allylic oxidation sites excluding steroid dienone is 3. The molecule has 2 aliphatic heterocycles. The molecule has 0 unspecified atom stereocenters. The normalized spacial score (nSPS) is 15.5. The van der Waals surface area contributed by atoms with Gasteiger partial charge in [-0.2, -0.15) is 0 Å². The number of carbonyl (C=O) groups excluding carboxylic acids is 1. The van der Waals surface area contributed by atoms with Crippen LogP contribution in [0.1, 0.15) is 0 Å². The third-order valence-corrected chi connectivity index (χ3v) is 4.82. The molecule has 7 heteroatoms. The molecule has 5 rings (SSSR count). The lowest BCUT2D eigenvalue weighted by molar-refractivity contribution is -0.114. The monoisotopic (exact) mass is 407 g/mol. The van der Waals surface area contributed by atoms with Gasteiger partial charge in [0.25, 0.3) is 5.91 Å². The van der Waals surface area contributed by atoms with Crippen LogP contribution < -0.4 is 15.3 Å². The van der Waals surface area contributed by atoms with E-state index in [0.717, 1.165) is 21.5 Å². The quantitative estimate of drug-likeness (QED) is 0.572. The van der Waals surface area contributed by atoms with Crippen LogP contribution in [0.4, 0.5) is 5.82 Å². The summed E-state index contributed by atoms with van der Waals surface area (Å²) in [5, 5.41) is 2.43. The number of aromatic nitrogens is 2. The lowest BCUT2D eigenvalue weighted by Gasteiger charge is -2.19. The maximum atomic E-state index is 12.4. The molecule has 0 radical (unpaired) electrons. The molecule has 1 aromatic heterocycles. The summed E-state index contributed by atoms with van der Waals surface area (Å²) in [6, 6.07) is 13.3. The molecule has 0 saturated carbocycles. The maximum Gasteiger partial charge on any atom is 0.274 e. The molecule has 7 nitrogen and oxygen atoms in total. The zero-order chi connectivity index (χ0) is 21.0. The lowest BCUT2D eigenvalue weighted by Crippen LogP contribution is -2.29. The number of para-hydroxylation sites is 1. The van der Waals surface area contributed by atoms with E-state index in [-0.39, 0.29) is 5.91 Å². The number of nitrogens with zero attached hydrogens (tertiary/aromatic N) is 5. The molecular weight excluding hydrogens is 390 g/mol. The second-order valence-electron chi connectivity index (χ2n) is 6.91. The van der Waals surface area contributed by atoms with Crippen LogP contribution in [-0.4, -0.2) is 33.5 Å². The summed E-state index contributed by atoms with van der Waals surface area (Å²) in [6.07, 6.45) is 13.4. The molecule has 0 spiro atoms. The zero-order valence-electron chi connectivity index (χ0n) is 16.4. The average molecular weight is 407 g/mol. The highest BCUT2D eigenvalue weighted by molar-refractivity contribution is 6.00. The Labute approximate surface area is 177 Å². The van der Waals surface area contributed by atoms with Gasteiger partial charge in [0, 0.05) is 34.8 Å². The predicted octanol–water partition coefficient (Wildman–Crippen LogP) is 2.58. The molecule has 150 valence electrons. The van der Waals surface area contributed by atoms with Crippen molar-refractivity contribution in [3.8, 4) is 5.75 Å². The van der Waals surface area contributed by atoms with Crippen LogP contribution in [0.25, 0.3) is 17.1 Å². The first kappa shape index (κ1) is 18.6. The number of carbonyl (C=O) groups is 1. The molecule has 2 aliphatic rings. The van der Waals surface area contributed by atoms with Gasteiger partial charge >= 0.3 is 0 Å². The van der Waals surface area contributed by atoms with Gasteiger partial charge in [0.05, 0.1) is 23.7 Å². The Morgan fingerprint density at radius 2 is 1.97 bits per heavy atom. The molecule has 1 amide bonds. The van der Waals surface area contributed by atoms with Crippen molar-refractivity contribution in [3.05, 3.63) is 95.6 Å². The Hall–Kier alpha value is -4.39. The summed E-state index contributed by atoms with van der Waals surface area (Å²) >= 11 is 0. The fourth-order valence-corrected chi connectivity index (χ4v) is 3.32. The van der Waals surface area contributed by atoms with Crippen molar-refractivity contribution < 1.29 is 9.53 Å². The molecular formula is C24H17N5O2. The van der Waals surface area contributed by atoms with Crippen LogP contribution in [0.5, 0.6) is 5.75 Å². The van der Waals surface area contributed by atoms with Crippen molar-refractivity contribution in [2.75, 3.05) is 6.54 Å². The largest absolute Gasteiger partial charge is 0.465 e. The van der Waals surface area contributed by atoms with E-state index in [1.54, 1.807) is 12.2 Å². The van der Waals surface area contributed by atoms with Gasteiger partial charge in [-0.15, -0.1) is 0 Å². The van der Waals surface area contributed by atoms with Gasteiger partial charge in [-0.3, -0.25) is 4.79 Å². The minimum absolute atomic E-state index is 0.293. The smallest absolute Gasteiger partial charge is 0.274 e. The first-order valence-electron chi connectivity index (χ1n) is 9.70. The van der Waals surface area contributed by atoms with Crippen molar-refractivity contribution in [1.29, 1.82) is 0 Å². The molecule has 0 N–H and O–H groups in total. The van der Waals surface area contributed by atoms with E-state index in [1.807, 2.05) is 65.8 Å². The number of ether oxygens (including phenoxy) is 1. The molecule has 3 aromatic rings. The van der Waals surface area contributed by atoms with Crippen LogP contribution >= 0.6 is 0 Å². The molecule has 4 bridgehead atoms. The standard InChI is InChI=1S/C24H17N5O2/c30-24-18-6-3-11-29(15-18)14-17-5-1-2-7-21(17)28-23-20-13-19(31-12-4-10-25-24)8-9-22(20)26-16-27-23/h1-14,16H,15H2. The lowest BCUT2D eigenvalue weighted by atomic mass is 10.1. The fourth-order valence-electron chi connectivity index (χ4n) is 3.32. The summed E-state index contributed by atoms with van der Waals surface area (Å²) in [4.78, 5) is 31.9. The van der Waals surface area contributed by atoms with Gasteiger partial charge in [-0.1, -0.05) is 24.3 Å². The Kier molecular flexibility index (Phi) is 4.90. The van der Waals surface area contributed by atoms with Crippen molar-refractivity contribution in [2.24, 2.45) is 9.98 Å². The van der Waals surface area contributed by atoms with Crippen molar-refractivity contribution in [3.63, 3.8) is 0 Å². The van der Waals surface area contributed by atoms with Crippen LogP contribution in [-0.2, 0) is 4.79 Å². The van der Waals surface area contributed by atoms with Gasteiger partial charge in [-0.05, 0) is 36.4 Å². The molecule has 3 heterocycles. The summed E-state index contributed by atoms with van der Waals surface area (Å²) in [7, 11) is 0. The van der Waals surface area contributed by atoms with Crippen LogP contribution in [0.2, 0.25) is 0 Å². The van der Waals surface area contributed by atoms with E-state index in [0.29, 0.717) is 23.7 Å². The van der Waals surface area contributed by atoms with E-state index in [4.69, 9.17) is 9.73 Å². The van der Waals surface area contributed by atoms with E-state index < -0.39 is 0 Å². The number of hydrogen-bond donors (Lipinski definition) is 0. The minimum atomic E-state index is -0.293. The number of hydrogen-bond acceptors (Lipinski definition) is 6. The third kappa shape index (κ3) is 4.02. The average Bonchev–Trinajstić information content (AvgIpc) is 2.80. The van der Waals surface area contributed by atoms with Gasteiger partial charge in [0.2, 0.25) is 0 Å². The Balaban J connectivity index is 1.73. The minimum Gasteiger partial charge on any atom is -0.465 e. The second-order valence-corrected chi connectivity index (χ2v) is 6.91. The van der Waals surface area contributed by atoms with Gasteiger partial charge in [0.15, 0.2) is 5.82 Å². The molecule has 0 saturated heterocycles. The predicted molar refractivity (Wildman–Crippen MR) is 118 cm³/mol. The van der Waals surface area contributed by atoms with Gasteiger partial charge < -0.3 is 9.64 Å². The van der Waals surface area contributed by atoms with E-state index in [2.05, 4.69) is 15.0 Å². The molecule has 31 heavy (non-hydrogen) atoms. The highest BCUT2D eigenvalue weighted by atomic mass is 16.5. The van der Waals surface area contributed by atoms with Crippen LogP contribution in [0.3, 0.4) is 0 Å². The van der Waals surface area contributed by atoms with Crippen molar-refractivity contribution >= 4 is 35.0 Å². The Morgan fingerprint density at radius 1 is 1.03 bits per heavy atom. The summed E-state index contributed by atoms with van der Waals surface area (Å²) in [5.41, 5.74) is 1.36. The molecule has 0 fully saturated rings. The number of benzene rings is 2. The van der Waals surface area contributed by atoms with Crippen LogP contribution in [0.15, 0.2) is 95.0 Å². The summed E-state index contributed by atoms with van der Waals surface area (Å²) < 4.78 is 5.66. The molecule has 2 aromatic carbocycles. The third-order valence-electron chi connectivity index (χ3n) is 4.82. The van der Waals surface area contributed by atoms with E-state index in [9.17, 15) is 4.79 Å². The number of amides is 1.